The molecular formula is C22H22INO6S. The average molecular weight is 555 g/mol. The molecular weight excluding hydrogens is 533 g/mol. The molecule has 9 heteroatoms. The first-order valence-electron chi connectivity index (χ1n) is 9.50. The minimum absolute atomic E-state index is 0.101. The molecule has 0 bridgehead atoms. The maximum atomic E-state index is 12.3. The molecule has 0 saturated heterocycles. The molecule has 0 unspecified atom stereocenters. The lowest BCUT2D eigenvalue weighted by Crippen LogP contribution is -2.14. The van der Waals surface area contributed by atoms with Gasteiger partial charge in [0, 0.05) is 6.42 Å². The number of aliphatic imine (C=N–C) groups is 1. The fourth-order valence-electron chi connectivity index (χ4n) is 2.52. The molecule has 1 N–H and O–H groups in total. The molecule has 0 aliphatic carbocycles. The number of terminal acetylenes is 1. The standard InChI is InChI=1S/C22H22INO6S/c1-5-9-30-20-14(23)10-13(11-15(20)28-7-3)12-16-19(26)18(22(27)29-8-4)21(31-16)24-17(25)6-2/h1,10-12,26H,6-9H2,2-4H3/b16-12-,24-21?. The summed E-state index contributed by atoms with van der Waals surface area (Å²) in [7, 11) is 0. The van der Waals surface area contributed by atoms with Crippen molar-refractivity contribution in [2.24, 2.45) is 4.99 Å². The van der Waals surface area contributed by atoms with Crippen LogP contribution in [0.2, 0.25) is 0 Å². The molecule has 0 fully saturated rings. The van der Waals surface area contributed by atoms with Crippen LogP contribution in [0.1, 0.15) is 32.8 Å². The average Bonchev–Trinajstić information content (AvgIpc) is 3.02. The molecule has 1 aromatic rings. The number of aliphatic hydroxyl groups excluding tert-OH is 1. The van der Waals surface area contributed by atoms with E-state index < -0.39 is 11.9 Å². The Morgan fingerprint density at radius 3 is 2.61 bits per heavy atom. The van der Waals surface area contributed by atoms with E-state index in [9.17, 15) is 14.7 Å². The number of nitrogens with zero attached hydrogens (tertiary/aromatic N) is 1. The van der Waals surface area contributed by atoms with Gasteiger partial charge in [0.2, 0.25) is 5.91 Å². The van der Waals surface area contributed by atoms with Crippen LogP contribution < -0.4 is 9.47 Å². The molecule has 1 aromatic carbocycles. The summed E-state index contributed by atoms with van der Waals surface area (Å²) in [5.74, 6) is 2.04. The van der Waals surface area contributed by atoms with Crippen LogP contribution in [0.5, 0.6) is 11.5 Å². The lowest BCUT2D eigenvalue weighted by molar-refractivity contribution is -0.138. The van der Waals surface area contributed by atoms with E-state index in [0.717, 1.165) is 15.3 Å². The summed E-state index contributed by atoms with van der Waals surface area (Å²) in [6, 6.07) is 3.57. The fourth-order valence-corrected chi connectivity index (χ4v) is 4.34. The molecule has 0 spiro atoms. The second-order valence-electron chi connectivity index (χ2n) is 5.97. The fraction of sp³-hybridized carbons (Fsp3) is 0.318. The monoisotopic (exact) mass is 555 g/mol. The van der Waals surface area contributed by atoms with Crippen molar-refractivity contribution in [1.82, 2.24) is 0 Å². The maximum absolute atomic E-state index is 12.3. The van der Waals surface area contributed by atoms with Crippen LogP contribution in [-0.2, 0) is 14.3 Å². The van der Waals surface area contributed by atoms with Crippen molar-refractivity contribution < 1.29 is 28.9 Å². The summed E-state index contributed by atoms with van der Waals surface area (Å²) < 4.78 is 17.1. The predicted octanol–water partition coefficient (Wildman–Crippen LogP) is 4.50. The highest BCUT2D eigenvalue weighted by Crippen LogP contribution is 2.41. The number of benzene rings is 1. The van der Waals surface area contributed by atoms with E-state index in [0.29, 0.717) is 28.6 Å². The number of esters is 1. The van der Waals surface area contributed by atoms with Gasteiger partial charge in [0.15, 0.2) is 11.5 Å². The first-order valence-corrected chi connectivity index (χ1v) is 11.4. The van der Waals surface area contributed by atoms with Gasteiger partial charge in [-0.1, -0.05) is 24.6 Å². The first kappa shape index (κ1) is 24.8. The minimum Gasteiger partial charge on any atom is -0.506 e. The normalized spacial score (nSPS) is 15.8. The SMILES string of the molecule is C#CCOc1c(I)cc(/C=C2\SC(=NC(=O)CC)C(C(=O)OCC)=C2O)cc1OCC. The molecule has 1 amide bonds. The van der Waals surface area contributed by atoms with Gasteiger partial charge in [0.1, 0.15) is 23.0 Å². The zero-order chi connectivity index (χ0) is 23.0. The zero-order valence-corrected chi connectivity index (χ0v) is 20.3. The van der Waals surface area contributed by atoms with Gasteiger partial charge in [-0.15, -0.1) is 6.42 Å². The summed E-state index contributed by atoms with van der Waals surface area (Å²) in [5.41, 5.74) is 0.579. The van der Waals surface area contributed by atoms with E-state index in [1.165, 1.54) is 0 Å². The topological polar surface area (TPSA) is 94.4 Å². The van der Waals surface area contributed by atoms with Crippen LogP contribution in [0.25, 0.3) is 6.08 Å². The van der Waals surface area contributed by atoms with Crippen molar-refractivity contribution in [2.45, 2.75) is 27.2 Å². The van der Waals surface area contributed by atoms with Crippen molar-refractivity contribution in [1.29, 1.82) is 0 Å². The van der Waals surface area contributed by atoms with Crippen LogP contribution in [0, 0.1) is 15.9 Å². The quantitative estimate of drug-likeness (QED) is 0.287. The van der Waals surface area contributed by atoms with Gasteiger partial charge < -0.3 is 19.3 Å². The van der Waals surface area contributed by atoms with E-state index in [1.54, 1.807) is 26.0 Å². The first-order chi connectivity index (χ1) is 14.9. The Labute approximate surface area is 199 Å². The van der Waals surface area contributed by atoms with Crippen LogP contribution >= 0.6 is 34.4 Å². The van der Waals surface area contributed by atoms with Gasteiger partial charge in [-0.05, 0) is 60.2 Å². The van der Waals surface area contributed by atoms with Crippen molar-refractivity contribution in [2.75, 3.05) is 19.8 Å². The summed E-state index contributed by atoms with van der Waals surface area (Å²) in [6.07, 6.45) is 7.13. The summed E-state index contributed by atoms with van der Waals surface area (Å²) in [5, 5.41) is 10.8. The van der Waals surface area contributed by atoms with Gasteiger partial charge in [0.25, 0.3) is 0 Å². The second kappa shape index (κ2) is 11.8. The van der Waals surface area contributed by atoms with Crippen molar-refractivity contribution in [3.05, 3.63) is 37.5 Å². The van der Waals surface area contributed by atoms with Crippen LogP contribution in [0.15, 0.2) is 33.4 Å². The molecule has 0 aromatic heterocycles. The number of hydrogen-bond donors (Lipinski definition) is 1. The number of hydrogen-bond acceptors (Lipinski definition) is 7. The number of rotatable bonds is 8. The van der Waals surface area contributed by atoms with E-state index in [-0.39, 0.29) is 36.0 Å². The highest BCUT2D eigenvalue weighted by molar-refractivity contribution is 14.1. The molecule has 164 valence electrons. The molecule has 7 nitrogen and oxygen atoms in total. The summed E-state index contributed by atoms with van der Waals surface area (Å²) in [6.45, 7) is 5.82. The molecule has 1 aliphatic rings. The van der Waals surface area contributed by atoms with Crippen molar-refractivity contribution in [3.8, 4) is 23.8 Å². The smallest absolute Gasteiger partial charge is 0.344 e. The summed E-state index contributed by atoms with van der Waals surface area (Å²) in [4.78, 5) is 28.5. The van der Waals surface area contributed by atoms with Crippen molar-refractivity contribution in [3.63, 3.8) is 0 Å². The van der Waals surface area contributed by atoms with Crippen LogP contribution in [-0.4, -0.2) is 41.8 Å². The van der Waals surface area contributed by atoms with E-state index >= 15 is 0 Å². The van der Waals surface area contributed by atoms with E-state index in [4.69, 9.17) is 20.6 Å². The predicted molar refractivity (Wildman–Crippen MR) is 129 cm³/mol. The molecule has 0 atom stereocenters. The van der Waals surface area contributed by atoms with Gasteiger partial charge in [-0.2, -0.15) is 0 Å². The summed E-state index contributed by atoms with van der Waals surface area (Å²) >= 11 is 3.13. The van der Waals surface area contributed by atoms with Crippen LogP contribution in [0.4, 0.5) is 0 Å². The van der Waals surface area contributed by atoms with Gasteiger partial charge >= 0.3 is 5.97 Å². The van der Waals surface area contributed by atoms with Gasteiger partial charge in [-0.3, -0.25) is 4.79 Å². The van der Waals surface area contributed by atoms with Gasteiger partial charge in [-0.25, -0.2) is 9.79 Å². The number of carbonyl (C=O) groups excluding carboxylic acids is 2. The van der Waals surface area contributed by atoms with Crippen LogP contribution in [0.3, 0.4) is 0 Å². The maximum Gasteiger partial charge on any atom is 0.344 e. The zero-order valence-electron chi connectivity index (χ0n) is 17.4. The number of halogens is 1. The number of thioether (sulfide) groups is 1. The molecule has 1 heterocycles. The lowest BCUT2D eigenvalue weighted by Gasteiger charge is -2.13. The Balaban J connectivity index is 2.53. The third-order valence-electron chi connectivity index (χ3n) is 3.83. The molecule has 31 heavy (non-hydrogen) atoms. The lowest BCUT2D eigenvalue weighted by atomic mass is 10.1. The highest BCUT2D eigenvalue weighted by atomic mass is 127. The Kier molecular flexibility index (Phi) is 9.45. The number of ether oxygens (including phenoxy) is 3. The number of aliphatic hydroxyl groups is 1. The Hall–Kier alpha value is -2.45. The number of carbonyl (C=O) groups is 2. The minimum atomic E-state index is -0.735. The Morgan fingerprint density at radius 1 is 1.26 bits per heavy atom. The highest BCUT2D eigenvalue weighted by Gasteiger charge is 2.33. The second-order valence-corrected chi connectivity index (χ2v) is 8.17. The molecule has 2 rings (SSSR count). The molecule has 0 saturated carbocycles. The van der Waals surface area contributed by atoms with E-state index in [1.807, 2.05) is 13.0 Å². The molecule has 0 radical (unpaired) electrons. The molecule has 1 aliphatic heterocycles. The third kappa shape index (κ3) is 6.27. The Morgan fingerprint density at radius 2 is 2.00 bits per heavy atom. The number of amides is 1. The third-order valence-corrected chi connectivity index (χ3v) is 5.65. The van der Waals surface area contributed by atoms with E-state index in [2.05, 4.69) is 33.5 Å². The largest absolute Gasteiger partial charge is 0.506 e. The Bertz CT molecular complexity index is 1010. The van der Waals surface area contributed by atoms with Gasteiger partial charge in [0.05, 0.1) is 21.7 Å². The van der Waals surface area contributed by atoms with Crippen molar-refractivity contribution >= 4 is 57.3 Å².